The summed E-state index contributed by atoms with van der Waals surface area (Å²) in [6.45, 7) is 1.82. The number of anilines is 1. The van der Waals surface area contributed by atoms with E-state index in [0.29, 0.717) is 10.7 Å². The van der Waals surface area contributed by atoms with E-state index in [2.05, 4.69) is 27.3 Å². The van der Waals surface area contributed by atoms with Crippen molar-refractivity contribution < 1.29 is 8.42 Å². The summed E-state index contributed by atoms with van der Waals surface area (Å²) in [5.41, 5.74) is 1.31. The molecule has 3 nitrogen and oxygen atoms in total. The smallest absolute Gasteiger partial charge is 0.261 e. The summed E-state index contributed by atoms with van der Waals surface area (Å²) < 4.78 is 28.0. The molecule has 0 fully saturated rings. The van der Waals surface area contributed by atoms with Crippen LogP contribution in [0.5, 0.6) is 0 Å². The fraction of sp³-hybridized carbons (Fsp3) is 0.0769. The number of hydrogen-bond donors (Lipinski definition) is 1. The molecule has 0 spiro atoms. The van der Waals surface area contributed by atoms with Gasteiger partial charge in [0.25, 0.3) is 10.0 Å². The zero-order valence-corrected chi connectivity index (χ0v) is 13.8. The van der Waals surface area contributed by atoms with Crippen LogP contribution >= 0.6 is 34.2 Å². The molecule has 0 radical (unpaired) electrons. The Balaban J connectivity index is 2.36. The van der Waals surface area contributed by atoms with Crippen molar-refractivity contribution in [1.82, 2.24) is 0 Å². The quantitative estimate of drug-likeness (QED) is 0.780. The minimum atomic E-state index is -3.58. The molecule has 100 valence electrons. The van der Waals surface area contributed by atoms with Crippen molar-refractivity contribution in [3.05, 3.63) is 56.6 Å². The standard InChI is InChI=1S/C13H11ClINO2S/c1-9-2-3-10(14)8-13(9)16-19(17,18)12-6-4-11(15)5-7-12/h2-8,16H,1H3. The van der Waals surface area contributed by atoms with Crippen LogP contribution < -0.4 is 4.72 Å². The van der Waals surface area contributed by atoms with Gasteiger partial charge < -0.3 is 0 Å². The molecule has 6 heteroatoms. The third-order valence-corrected chi connectivity index (χ3v) is 4.90. The Morgan fingerprint density at radius 2 is 1.74 bits per heavy atom. The van der Waals surface area contributed by atoms with E-state index >= 15 is 0 Å². The molecule has 0 aliphatic carbocycles. The zero-order valence-electron chi connectivity index (χ0n) is 10.0. The highest BCUT2D eigenvalue weighted by Crippen LogP contribution is 2.23. The molecule has 19 heavy (non-hydrogen) atoms. The number of halogens is 2. The number of hydrogen-bond acceptors (Lipinski definition) is 2. The summed E-state index contributed by atoms with van der Waals surface area (Å²) in [4.78, 5) is 0.229. The third kappa shape index (κ3) is 3.61. The normalized spacial score (nSPS) is 11.3. The van der Waals surface area contributed by atoms with Crippen molar-refractivity contribution in [2.75, 3.05) is 4.72 Å². The maximum atomic E-state index is 12.2. The molecule has 1 N–H and O–H groups in total. The second-order valence-electron chi connectivity index (χ2n) is 4.02. The number of aryl methyl sites for hydroxylation is 1. The van der Waals surface area contributed by atoms with E-state index in [0.717, 1.165) is 9.13 Å². The minimum Gasteiger partial charge on any atom is -0.279 e. The van der Waals surface area contributed by atoms with Gasteiger partial charge in [0, 0.05) is 8.59 Å². The highest BCUT2D eigenvalue weighted by molar-refractivity contribution is 14.1. The Kier molecular flexibility index (Phi) is 4.37. The van der Waals surface area contributed by atoms with Crippen LogP contribution in [0.4, 0.5) is 5.69 Å². The fourth-order valence-electron chi connectivity index (χ4n) is 1.52. The molecule has 0 saturated carbocycles. The lowest BCUT2D eigenvalue weighted by Gasteiger charge is -2.11. The average Bonchev–Trinajstić information content (AvgIpc) is 2.34. The molecule has 0 bridgehead atoms. The predicted molar refractivity (Wildman–Crippen MR) is 86.2 cm³/mol. The van der Waals surface area contributed by atoms with Crippen molar-refractivity contribution in [1.29, 1.82) is 0 Å². The molecule has 2 aromatic rings. The van der Waals surface area contributed by atoms with Crippen molar-refractivity contribution in [2.45, 2.75) is 11.8 Å². The highest BCUT2D eigenvalue weighted by atomic mass is 127. The first-order valence-electron chi connectivity index (χ1n) is 5.43. The van der Waals surface area contributed by atoms with E-state index in [9.17, 15) is 8.42 Å². The van der Waals surface area contributed by atoms with Gasteiger partial charge in [-0.3, -0.25) is 4.72 Å². The summed E-state index contributed by atoms with van der Waals surface area (Å²) in [5.74, 6) is 0. The molecular formula is C13H11ClINO2S. The van der Waals surface area contributed by atoms with Gasteiger partial charge in [-0.05, 0) is 71.5 Å². The van der Waals surface area contributed by atoms with Gasteiger partial charge in [0.1, 0.15) is 0 Å². The Labute approximate surface area is 131 Å². The summed E-state index contributed by atoms with van der Waals surface area (Å²) in [5, 5.41) is 0.492. The molecule has 0 heterocycles. The maximum absolute atomic E-state index is 12.2. The van der Waals surface area contributed by atoms with Gasteiger partial charge in [-0.2, -0.15) is 0 Å². The van der Waals surface area contributed by atoms with Gasteiger partial charge in [0.05, 0.1) is 10.6 Å². The zero-order chi connectivity index (χ0) is 14.0. The molecule has 0 aliphatic rings. The van der Waals surface area contributed by atoms with Gasteiger partial charge in [0.15, 0.2) is 0 Å². The Morgan fingerprint density at radius 3 is 2.37 bits per heavy atom. The van der Waals surface area contributed by atoms with Crippen LogP contribution in [0.1, 0.15) is 5.56 Å². The monoisotopic (exact) mass is 407 g/mol. The van der Waals surface area contributed by atoms with Crippen LogP contribution in [0.2, 0.25) is 5.02 Å². The minimum absolute atomic E-state index is 0.229. The topological polar surface area (TPSA) is 46.2 Å². The fourth-order valence-corrected chi connectivity index (χ4v) is 3.17. The van der Waals surface area contributed by atoms with Gasteiger partial charge >= 0.3 is 0 Å². The lowest BCUT2D eigenvalue weighted by atomic mass is 10.2. The molecule has 0 atom stereocenters. The summed E-state index contributed by atoms with van der Waals surface area (Å²) >= 11 is 8.00. The lowest BCUT2D eigenvalue weighted by molar-refractivity contribution is 0.601. The molecule has 0 aromatic heterocycles. The first-order chi connectivity index (χ1) is 8.88. The van der Waals surface area contributed by atoms with Crippen LogP contribution in [0, 0.1) is 10.5 Å². The van der Waals surface area contributed by atoms with Crippen LogP contribution in [0.15, 0.2) is 47.4 Å². The highest BCUT2D eigenvalue weighted by Gasteiger charge is 2.15. The first-order valence-corrected chi connectivity index (χ1v) is 8.37. The number of benzene rings is 2. The van der Waals surface area contributed by atoms with E-state index < -0.39 is 10.0 Å². The van der Waals surface area contributed by atoms with Crippen molar-refractivity contribution in [3.63, 3.8) is 0 Å². The second kappa shape index (κ2) is 5.68. The molecule has 2 aromatic carbocycles. The molecule has 0 saturated heterocycles. The Bertz CT molecular complexity index is 699. The van der Waals surface area contributed by atoms with Gasteiger partial charge in [-0.25, -0.2) is 8.42 Å². The third-order valence-electron chi connectivity index (χ3n) is 2.57. The van der Waals surface area contributed by atoms with Crippen LogP contribution in [-0.4, -0.2) is 8.42 Å². The molecule has 0 aliphatic heterocycles. The molecule has 0 amide bonds. The molecular weight excluding hydrogens is 397 g/mol. The lowest BCUT2D eigenvalue weighted by Crippen LogP contribution is -2.13. The summed E-state index contributed by atoms with van der Waals surface area (Å²) in [6, 6.07) is 11.7. The van der Waals surface area contributed by atoms with E-state index in [1.807, 2.05) is 6.92 Å². The maximum Gasteiger partial charge on any atom is 0.261 e. The summed E-state index contributed by atoms with van der Waals surface area (Å²) in [6.07, 6.45) is 0. The van der Waals surface area contributed by atoms with Gasteiger partial charge in [-0.15, -0.1) is 0 Å². The number of sulfonamides is 1. The van der Waals surface area contributed by atoms with E-state index in [1.165, 1.54) is 0 Å². The Morgan fingerprint density at radius 1 is 1.11 bits per heavy atom. The van der Waals surface area contributed by atoms with Crippen molar-refractivity contribution in [3.8, 4) is 0 Å². The number of rotatable bonds is 3. The van der Waals surface area contributed by atoms with Crippen LogP contribution in [-0.2, 0) is 10.0 Å². The van der Waals surface area contributed by atoms with E-state index in [-0.39, 0.29) is 4.90 Å². The molecule has 2 rings (SSSR count). The SMILES string of the molecule is Cc1ccc(Cl)cc1NS(=O)(=O)c1ccc(I)cc1. The largest absolute Gasteiger partial charge is 0.279 e. The van der Waals surface area contributed by atoms with Gasteiger partial charge in [0.2, 0.25) is 0 Å². The van der Waals surface area contributed by atoms with Gasteiger partial charge in [-0.1, -0.05) is 17.7 Å². The van der Waals surface area contributed by atoms with Crippen LogP contribution in [0.25, 0.3) is 0 Å². The Hall–Kier alpha value is -0.790. The second-order valence-corrected chi connectivity index (χ2v) is 7.38. The summed E-state index contributed by atoms with van der Waals surface area (Å²) in [7, 11) is -3.58. The van der Waals surface area contributed by atoms with E-state index in [1.54, 1.807) is 42.5 Å². The molecule has 0 unspecified atom stereocenters. The van der Waals surface area contributed by atoms with Crippen molar-refractivity contribution in [2.24, 2.45) is 0 Å². The van der Waals surface area contributed by atoms with Crippen molar-refractivity contribution >= 4 is 49.9 Å². The average molecular weight is 408 g/mol. The van der Waals surface area contributed by atoms with E-state index in [4.69, 9.17) is 11.6 Å². The predicted octanol–water partition coefficient (Wildman–Crippen LogP) is 4.05. The van der Waals surface area contributed by atoms with Crippen LogP contribution in [0.3, 0.4) is 0 Å². The first kappa shape index (κ1) is 14.6. The number of nitrogens with one attached hydrogen (secondary N) is 1.